The molecule has 2 aromatic rings. The van der Waals surface area contributed by atoms with E-state index >= 15 is 0 Å². The molecule has 1 fully saturated rings. The molecule has 8 heteroatoms. The topological polar surface area (TPSA) is 90.9 Å². The smallest absolute Gasteiger partial charge is 0.263 e. The second kappa shape index (κ2) is 7.96. The zero-order chi connectivity index (χ0) is 20.4. The molecule has 2 heterocycles. The molecule has 2 aliphatic rings. The number of amides is 1. The predicted molar refractivity (Wildman–Crippen MR) is 112 cm³/mol. The molecule has 2 aliphatic heterocycles. The summed E-state index contributed by atoms with van der Waals surface area (Å²) < 4.78 is 26.8. The molecule has 7 nitrogen and oxygen atoms in total. The third kappa shape index (κ3) is 4.33. The molecule has 0 saturated carbocycles. The van der Waals surface area contributed by atoms with E-state index in [0.29, 0.717) is 11.3 Å². The summed E-state index contributed by atoms with van der Waals surface area (Å²) in [5.74, 6) is -0.0995. The van der Waals surface area contributed by atoms with Gasteiger partial charge < -0.3 is 5.32 Å². The summed E-state index contributed by atoms with van der Waals surface area (Å²) in [6.07, 6.45) is 2.52. The SMILES string of the molecule is C[C@@H](N=C1NS(=O)(=O)c2ccccc21)C(=O)Nc1ccc(CN2CCCC2)cc1. The first kappa shape index (κ1) is 19.6. The van der Waals surface area contributed by atoms with Crippen LogP contribution in [0.2, 0.25) is 0 Å². The van der Waals surface area contributed by atoms with E-state index in [2.05, 4.69) is 19.9 Å². The average molecular weight is 413 g/mol. The third-order valence-electron chi connectivity index (χ3n) is 5.19. The average Bonchev–Trinajstić information content (AvgIpc) is 3.30. The third-order valence-corrected chi connectivity index (χ3v) is 6.59. The summed E-state index contributed by atoms with van der Waals surface area (Å²) >= 11 is 0. The van der Waals surface area contributed by atoms with Crippen molar-refractivity contribution in [2.75, 3.05) is 18.4 Å². The van der Waals surface area contributed by atoms with E-state index in [1.54, 1.807) is 25.1 Å². The second-order valence-electron chi connectivity index (χ2n) is 7.42. The molecule has 1 saturated heterocycles. The quantitative estimate of drug-likeness (QED) is 0.789. The van der Waals surface area contributed by atoms with Gasteiger partial charge in [-0.2, -0.15) is 0 Å². The van der Waals surface area contributed by atoms with Crippen LogP contribution in [-0.2, 0) is 21.4 Å². The Morgan fingerprint density at radius 3 is 2.55 bits per heavy atom. The number of nitrogens with zero attached hydrogens (tertiary/aromatic N) is 2. The standard InChI is InChI=1S/C21H24N4O3S/c1-15(22-20-18-6-2-3-7-19(18)29(27,28)24-20)21(26)23-17-10-8-16(9-11-17)14-25-12-4-5-13-25/h2-3,6-11,15H,4-5,12-14H2,1H3,(H,22,24)(H,23,26)/t15-/m1/s1. The van der Waals surface area contributed by atoms with E-state index < -0.39 is 16.1 Å². The molecule has 0 spiro atoms. The van der Waals surface area contributed by atoms with Crippen LogP contribution < -0.4 is 10.0 Å². The number of amidine groups is 1. The summed E-state index contributed by atoms with van der Waals surface area (Å²) in [4.78, 5) is 19.4. The highest BCUT2D eigenvalue weighted by atomic mass is 32.2. The lowest BCUT2D eigenvalue weighted by Gasteiger charge is -2.15. The predicted octanol–water partition coefficient (Wildman–Crippen LogP) is 2.35. The van der Waals surface area contributed by atoms with E-state index in [1.165, 1.54) is 24.5 Å². The number of carbonyl (C=O) groups excluding carboxylic acids is 1. The molecule has 152 valence electrons. The van der Waals surface area contributed by atoms with Crippen LogP contribution >= 0.6 is 0 Å². The maximum Gasteiger partial charge on any atom is 0.263 e. The van der Waals surface area contributed by atoms with Crippen LogP contribution in [-0.4, -0.2) is 44.2 Å². The maximum absolute atomic E-state index is 12.5. The highest BCUT2D eigenvalue weighted by Crippen LogP contribution is 2.23. The van der Waals surface area contributed by atoms with Gasteiger partial charge in [0.2, 0.25) is 5.91 Å². The number of fused-ring (bicyclic) bond motifs is 1. The number of sulfonamides is 1. The molecule has 2 N–H and O–H groups in total. The van der Waals surface area contributed by atoms with Crippen molar-refractivity contribution >= 4 is 27.5 Å². The van der Waals surface area contributed by atoms with E-state index in [4.69, 9.17) is 0 Å². The number of nitrogens with one attached hydrogen (secondary N) is 2. The summed E-state index contributed by atoms with van der Waals surface area (Å²) in [6, 6.07) is 13.7. The Kier molecular flexibility index (Phi) is 5.38. The number of anilines is 1. The molecular weight excluding hydrogens is 388 g/mol. The Bertz CT molecular complexity index is 1040. The Morgan fingerprint density at radius 1 is 1.14 bits per heavy atom. The molecule has 29 heavy (non-hydrogen) atoms. The molecule has 0 radical (unpaired) electrons. The van der Waals surface area contributed by atoms with Gasteiger partial charge in [0.1, 0.15) is 11.9 Å². The van der Waals surface area contributed by atoms with Gasteiger partial charge in [-0.25, -0.2) is 8.42 Å². The lowest BCUT2D eigenvalue weighted by molar-refractivity contribution is -0.117. The number of hydrogen-bond acceptors (Lipinski definition) is 5. The van der Waals surface area contributed by atoms with Crippen LogP contribution in [0.4, 0.5) is 5.69 Å². The molecular formula is C21H24N4O3S. The van der Waals surface area contributed by atoms with Gasteiger partial charge >= 0.3 is 0 Å². The number of benzene rings is 2. The highest BCUT2D eigenvalue weighted by Gasteiger charge is 2.31. The van der Waals surface area contributed by atoms with E-state index in [-0.39, 0.29) is 16.6 Å². The van der Waals surface area contributed by atoms with Crippen molar-refractivity contribution in [3.05, 3.63) is 59.7 Å². The van der Waals surface area contributed by atoms with Gasteiger partial charge in [-0.1, -0.05) is 24.3 Å². The van der Waals surface area contributed by atoms with Crippen LogP contribution in [0.5, 0.6) is 0 Å². The normalized spacial score (nSPS) is 20.2. The maximum atomic E-state index is 12.5. The van der Waals surface area contributed by atoms with Crippen LogP contribution in [0.25, 0.3) is 0 Å². The fraction of sp³-hybridized carbons (Fsp3) is 0.333. The van der Waals surface area contributed by atoms with E-state index in [9.17, 15) is 13.2 Å². The summed E-state index contributed by atoms with van der Waals surface area (Å²) in [5, 5.41) is 2.84. The Hall–Kier alpha value is -2.71. The lowest BCUT2D eigenvalue weighted by atomic mass is 10.2. The number of likely N-dealkylation sites (tertiary alicyclic amines) is 1. The summed E-state index contributed by atoms with van der Waals surface area (Å²) in [7, 11) is -3.62. The zero-order valence-electron chi connectivity index (χ0n) is 16.3. The molecule has 0 bridgehead atoms. The minimum atomic E-state index is -3.62. The van der Waals surface area contributed by atoms with Crippen LogP contribution in [0, 0.1) is 0 Å². The number of hydrogen-bond donors (Lipinski definition) is 2. The Morgan fingerprint density at radius 2 is 1.83 bits per heavy atom. The fourth-order valence-corrected chi connectivity index (χ4v) is 4.86. The number of rotatable bonds is 5. The minimum absolute atomic E-state index is 0.181. The van der Waals surface area contributed by atoms with Crippen LogP contribution in [0.1, 0.15) is 30.9 Å². The molecule has 0 unspecified atom stereocenters. The van der Waals surface area contributed by atoms with Crippen LogP contribution in [0.15, 0.2) is 58.4 Å². The van der Waals surface area contributed by atoms with Crippen molar-refractivity contribution in [3.63, 3.8) is 0 Å². The van der Waals surface area contributed by atoms with Crippen molar-refractivity contribution in [1.29, 1.82) is 0 Å². The molecule has 0 aromatic heterocycles. The van der Waals surface area contributed by atoms with Crippen molar-refractivity contribution in [2.24, 2.45) is 4.99 Å². The summed E-state index contributed by atoms with van der Waals surface area (Å²) in [5.41, 5.74) is 2.40. The monoisotopic (exact) mass is 412 g/mol. The number of carbonyl (C=O) groups is 1. The second-order valence-corrected chi connectivity index (χ2v) is 9.08. The van der Waals surface area contributed by atoms with Gasteiger partial charge in [-0.05, 0) is 62.7 Å². The van der Waals surface area contributed by atoms with Gasteiger partial charge in [0.25, 0.3) is 10.0 Å². The van der Waals surface area contributed by atoms with Crippen LogP contribution in [0.3, 0.4) is 0 Å². The first-order chi connectivity index (χ1) is 13.9. The van der Waals surface area contributed by atoms with Gasteiger partial charge in [-0.15, -0.1) is 0 Å². The summed E-state index contributed by atoms with van der Waals surface area (Å²) in [6.45, 7) is 4.85. The van der Waals surface area contributed by atoms with Crippen molar-refractivity contribution in [3.8, 4) is 0 Å². The molecule has 2 aromatic carbocycles. The van der Waals surface area contributed by atoms with Gasteiger partial charge in [0, 0.05) is 17.8 Å². The number of aliphatic imine (C=N–C) groups is 1. The van der Waals surface area contributed by atoms with Crippen molar-refractivity contribution in [2.45, 2.75) is 37.2 Å². The lowest BCUT2D eigenvalue weighted by Crippen LogP contribution is -2.28. The Balaban J connectivity index is 1.42. The van der Waals surface area contributed by atoms with E-state index in [1.807, 2.05) is 24.3 Å². The Labute approximate surface area is 170 Å². The first-order valence-corrected chi connectivity index (χ1v) is 11.2. The first-order valence-electron chi connectivity index (χ1n) is 9.74. The zero-order valence-corrected chi connectivity index (χ0v) is 17.1. The highest BCUT2D eigenvalue weighted by molar-refractivity contribution is 7.90. The van der Waals surface area contributed by atoms with Crippen molar-refractivity contribution in [1.82, 2.24) is 9.62 Å². The fourth-order valence-electron chi connectivity index (χ4n) is 3.62. The van der Waals surface area contributed by atoms with Gasteiger partial charge in [0.05, 0.1) is 4.90 Å². The minimum Gasteiger partial charge on any atom is -0.324 e. The van der Waals surface area contributed by atoms with Crippen molar-refractivity contribution < 1.29 is 13.2 Å². The molecule has 1 amide bonds. The van der Waals surface area contributed by atoms with Gasteiger partial charge in [0.15, 0.2) is 0 Å². The van der Waals surface area contributed by atoms with Gasteiger partial charge in [-0.3, -0.25) is 19.4 Å². The molecule has 0 aliphatic carbocycles. The largest absolute Gasteiger partial charge is 0.324 e. The van der Waals surface area contributed by atoms with E-state index in [0.717, 1.165) is 19.6 Å². The molecule has 4 rings (SSSR count). The molecule has 1 atom stereocenters.